The van der Waals surface area contributed by atoms with Gasteiger partial charge in [-0.1, -0.05) is 6.08 Å². The molecule has 0 unspecified atom stereocenters. The van der Waals surface area contributed by atoms with Gasteiger partial charge >= 0.3 is 6.98 Å². The van der Waals surface area contributed by atoms with Crippen LogP contribution < -0.4 is 0 Å². The minimum absolute atomic E-state index is 0.0394. The molecule has 0 aromatic rings. The first-order valence-electron chi connectivity index (χ1n) is 3.01. The van der Waals surface area contributed by atoms with Crippen molar-refractivity contribution in [2.45, 2.75) is 6.92 Å². The summed E-state index contributed by atoms with van der Waals surface area (Å²) in [6, 6.07) is 0. The lowest BCUT2D eigenvalue weighted by atomic mass is 9.92. The number of hydrogen-bond donors (Lipinski definition) is 0. The molecule has 0 spiro atoms. The Kier molecular flexibility index (Phi) is 4.19. The fraction of sp³-hybridized carbons (Fsp3) is 0.600. The van der Waals surface area contributed by atoms with Gasteiger partial charge in [-0.2, -0.15) is 0 Å². The summed E-state index contributed by atoms with van der Waals surface area (Å²) in [4.78, 5) is 0. The van der Waals surface area contributed by atoms with E-state index >= 15 is 0 Å². The quantitative estimate of drug-likeness (QED) is 0.443. The third-order valence-electron chi connectivity index (χ3n) is 0.773. The van der Waals surface area contributed by atoms with Crippen LogP contribution in [0.2, 0.25) is 0 Å². The maximum absolute atomic E-state index is 11.4. The summed E-state index contributed by atoms with van der Waals surface area (Å²) in [5, 5.41) is 0. The van der Waals surface area contributed by atoms with Crippen molar-refractivity contribution in [2.24, 2.45) is 0 Å². The molecule has 0 N–H and O–H groups in total. The molecule has 0 radical (unpaired) electrons. The van der Waals surface area contributed by atoms with E-state index in [1.807, 2.05) is 0 Å². The van der Waals surface area contributed by atoms with Gasteiger partial charge in [-0.15, -0.1) is 5.98 Å². The second-order valence-corrected chi connectivity index (χ2v) is 1.71. The molecule has 0 bridgehead atoms. The van der Waals surface area contributed by atoms with Crippen molar-refractivity contribution in [3.05, 3.63) is 12.1 Å². The molecule has 0 aromatic carbocycles. The van der Waals surface area contributed by atoms with Crippen molar-refractivity contribution in [3.63, 3.8) is 0 Å². The highest BCUT2D eigenvalue weighted by atomic mass is 19.4. The van der Waals surface area contributed by atoms with E-state index < -0.39 is 6.98 Å². The Morgan fingerprint density at radius 2 is 2.00 bits per heavy atom. The highest BCUT2D eigenvalue weighted by molar-refractivity contribution is 6.64. The van der Waals surface area contributed by atoms with Crippen LogP contribution in [0.3, 0.4) is 0 Å². The molecule has 10 heavy (non-hydrogen) atoms. The molecule has 0 aliphatic carbocycles. The van der Waals surface area contributed by atoms with Crippen molar-refractivity contribution >= 4 is 6.98 Å². The minimum atomic E-state index is -4.78. The molecule has 0 aliphatic rings. The normalized spacial score (nSPS) is 12.8. The molecule has 0 rings (SSSR count). The van der Waals surface area contributed by atoms with Crippen molar-refractivity contribution in [3.8, 4) is 0 Å². The molecule has 0 fully saturated rings. The van der Waals surface area contributed by atoms with E-state index in [1.165, 1.54) is 0 Å². The Morgan fingerprint density at radius 1 is 1.40 bits per heavy atom. The van der Waals surface area contributed by atoms with Gasteiger partial charge in [0.1, 0.15) is 0 Å². The van der Waals surface area contributed by atoms with E-state index in [0.717, 1.165) is 6.08 Å². The topological polar surface area (TPSA) is 9.23 Å². The van der Waals surface area contributed by atoms with Crippen molar-refractivity contribution in [1.29, 1.82) is 0 Å². The SMILES string of the molecule is CCOCC=C[B-](F)(F)F. The Balaban J connectivity index is 3.37. The van der Waals surface area contributed by atoms with E-state index in [4.69, 9.17) is 0 Å². The third-order valence-corrected chi connectivity index (χ3v) is 0.773. The van der Waals surface area contributed by atoms with Crippen LogP contribution in [0.4, 0.5) is 12.9 Å². The largest absolute Gasteiger partial charge is 0.502 e. The first-order chi connectivity index (χ1) is 4.56. The molecule has 0 saturated carbocycles. The molecular weight excluding hydrogens is 144 g/mol. The highest BCUT2D eigenvalue weighted by Gasteiger charge is 2.16. The number of halogens is 3. The summed E-state index contributed by atoms with van der Waals surface area (Å²) in [7, 11) is 0. The lowest BCUT2D eigenvalue weighted by molar-refractivity contribution is 0.177. The van der Waals surface area contributed by atoms with Crippen molar-refractivity contribution in [1.82, 2.24) is 0 Å². The van der Waals surface area contributed by atoms with E-state index in [-0.39, 0.29) is 12.6 Å². The van der Waals surface area contributed by atoms with Gasteiger partial charge in [0.2, 0.25) is 0 Å². The lowest BCUT2D eigenvalue weighted by Gasteiger charge is -2.05. The van der Waals surface area contributed by atoms with Gasteiger partial charge in [0.05, 0.1) is 6.61 Å². The second kappa shape index (κ2) is 4.38. The van der Waals surface area contributed by atoms with Gasteiger partial charge in [-0.05, 0) is 6.92 Å². The van der Waals surface area contributed by atoms with Crippen LogP contribution in [0.1, 0.15) is 6.92 Å². The van der Waals surface area contributed by atoms with E-state index in [2.05, 4.69) is 4.74 Å². The summed E-state index contributed by atoms with van der Waals surface area (Å²) in [5.74, 6) is 0.232. The van der Waals surface area contributed by atoms with Crippen LogP contribution in [0, 0.1) is 0 Å². The van der Waals surface area contributed by atoms with Gasteiger partial charge in [0.15, 0.2) is 0 Å². The Bertz CT molecular complexity index is 110. The molecular formula is C5H9BF3O-. The molecule has 5 heteroatoms. The number of ether oxygens (including phenoxy) is 1. The summed E-state index contributed by atoms with van der Waals surface area (Å²) >= 11 is 0. The maximum atomic E-state index is 11.4. The van der Waals surface area contributed by atoms with Crippen LogP contribution in [0.5, 0.6) is 0 Å². The zero-order valence-corrected chi connectivity index (χ0v) is 5.69. The number of rotatable bonds is 4. The molecule has 60 valence electrons. The average Bonchev–Trinajstić information content (AvgIpc) is 1.78. The summed E-state index contributed by atoms with van der Waals surface area (Å²) in [6.45, 7) is -2.57. The summed E-state index contributed by atoms with van der Waals surface area (Å²) in [6.07, 6.45) is 0.976. The standard InChI is InChI=1S/C5H9BF3O/c1-2-10-5-3-4-6(7,8)9/h3-4H,2,5H2,1H3/q-1. The molecule has 0 saturated heterocycles. The lowest BCUT2D eigenvalue weighted by Crippen LogP contribution is -2.10. The van der Waals surface area contributed by atoms with Gasteiger partial charge in [-0.25, -0.2) is 0 Å². The van der Waals surface area contributed by atoms with Gasteiger partial charge in [0, 0.05) is 6.61 Å². The number of hydrogen-bond acceptors (Lipinski definition) is 1. The minimum Gasteiger partial charge on any atom is -0.445 e. The van der Waals surface area contributed by atoms with Crippen LogP contribution in [-0.2, 0) is 4.74 Å². The summed E-state index contributed by atoms with van der Waals surface area (Å²) in [5.41, 5.74) is 0. The van der Waals surface area contributed by atoms with Crippen LogP contribution in [-0.4, -0.2) is 20.2 Å². The van der Waals surface area contributed by atoms with Crippen molar-refractivity contribution in [2.75, 3.05) is 13.2 Å². The van der Waals surface area contributed by atoms with E-state index in [9.17, 15) is 12.9 Å². The van der Waals surface area contributed by atoms with Crippen LogP contribution in [0.25, 0.3) is 0 Å². The van der Waals surface area contributed by atoms with Gasteiger partial charge < -0.3 is 17.7 Å². The monoisotopic (exact) mass is 153 g/mol. The van der Waals surface area contributed by atoms with Gasteiger partial charge in [0.25, 0.3) is 0 Å². The molecule has 0 aromatic heterocycles. The Labute approximate surface area is 57.9 Å². The fourth-order valence-electron chi connectivity index (χ4n) is 0.396. The molecule has 0 atom stereocenters. The summed E-state index contributed by atoms with van der Waals surface area (Å²) < 4.78 is 38.9. The van der Waals surface area contributed by atoms with E-state index in [0.29, 0.717) is 6.61 Å². The maximum Gasteiger partial charge on any atom is 0.502 e. The molecule has 0 heterocycles. The van der Waals surface area contributed by atoms with E-state index in [1.54, 1.807) is 6.92 Å². The average molecular weight is 153 g/mol. The molecule has 0 amide bonds. The second-order valence-electron chi connectivity index (χ2n) is 1.71. The first-order valence-corrected chi connectivity index (χ1v) is 3.01. The smallest absolute Gasteiger partial charge is 0.445 e. The Hall–Kier alpha value is -0.445. The molecule has 0 aliphatic heterocycles. The van der Waals surface area contributed by atoms with Crippen LogP contribution in [0.15, 0.2) is 12.1 Å². The fourth-order valence-corrected chi connectivity index (χ4v) is 0.396. The first kappa shape index (κ1) is 9.55. The Morgan fingerprint density at radius 3 is 2.40 bits per heavy atom. The van der Waals surface area contributed by atoms with Crippen molar-refractivity contribution < 1.29 is 17.7 Å². The highest BCUT2D eigenvalue weighted by Crippen LogP contribution is 2.08. The predicted molar refractivity (Wildman–Crippen MR) is 34.7 cm³/mol. The molecule has 1 nitrogen and oxygen atoms in total. The van der Waals surface area contributed by atoms with Gasteiger partial charge in [-0.3, -0.25) is 0 Å². The zero-order chi connectivity index (χ0) is 8.04. The third kappa shape index (κ3) is 7.55. The van der Waals surface area contributed by atoms with Crippen LogP contribution >= 0.6 is 0 Å². The predicted octanol–water partition coefficient (Wildman–Crippen LogP) is 1.97. The zero-order valence-electron chi connectivity index (χ0n) is 5.69.